The standard InChI is InChI=1S/C19H23F2N3O3S/c1-13-3-5-15(27-19(20)21)11-17(13)23-28(25,26)16-6-4-14(2)18(12-16)24-9-7-22-8-10-24/h3-6,11-12,19,22-23H,7-10H2,1-2H3. The number of sulfonamides is 1. The number of nitrogens with one attached hydrogen (secondary N) is 2. The van der Waals surface area contributed by atoms with Crippen molar-refractivity contribution in [3.63, 3.8) is 0 Å². The molecule has 1 heterocycles. The van der Waals surface area contributed by atoms with Crippen molar-refractivity contribution in [2.24, 2.45) is 0 Å². The van der Waals surface area contributed by atoms with Crippen LogP contribution in [0.25, 0.3) is 0 Å². The van der Waals surface area contributed by atoms with Gasteiger partial charge in [-0.05, 0) is 43.2 Å². The van der Waals surface area contributed by atoms with Crippen LogP contribution in [-0.2, 0) is 10.0 Å². The fourth-order valence-electron chi connectivity index (χ4n) is 3.09. The van der Waals surface area contributed by atoms with E-state index in [1.165, 1.54) is 24.3 Å². The smallest absolute Gasteiger partial charge is 0.387 e. The zero-order valence-corrected chi connectivity index (χ0v) is 16.5. The normalized spacial score (nSPS) is 15.0. The number of rotatable bonds is 6. The van der Waals surface area contributed by atoms with Gasteiger partial charge in [-0.3, -0.25) is 4.72 Å². The molecule has 1 aliphatic heterocycles. The van der Waals surface area contributed by atoms with Gasteiger partial charge in [0.2, 0.25) is 0 Å². The number of halogens is 2. The van der Waals surface area contributed by atoms with Gasteiger partial charge < -0.3 is 15.0 Å². The van der Waals surface area contributed by atoms with Gasteiger partial charge >= 0.3 is 6.61 Å². The lowest BCUT2D eigenvalue weighted by Crippen LogP contribution is -2.43. The molecule has 0 aliphatic carbocycles. The van der Waals surface area contributed by atoms with Crippen molar-refractivity contribution >= 4 is 21.4 Å². The molecule has 1 fully saturated rings. The Bertz CT molecular complexity index is 945. The molecule has 6 nitrogen and oxygen atoms in total. The Balaban J connectivity index is 1.89. The van der Waals surface area contributed by atoms with Crippen molar-refractivity contribution in [3.8, 4) is 5.75 Å². The second-order valence-corrected chi connectivity index (χ2v) is 8.33. The van der Waals surface area contributed by atoms with Crippen LogP contribution in [0.4, 0.5) is 20.2 Å². The lowest BCUT2D eigenvalue weighted by molar-refractivity contribution is -0.0498. The molecular weight excluding hydrogens is 388 g/mol. The number of benzene rings is 2. The highest BCUT2D eigenvalue weighted by atomic mass is 32.2. The quantitative estimate of drug-likeness (QED) is 0.764. The molecule has 1 aliphatic rings. The number of anilines is 2. The number of alkyl halides is 2. The van der Waals surface area contributed by atoms with E-state index >= 15 is 0 Å². The molecule has 3 rings (SSSR count). The van der Waals surface area contributed by atoms with Crippen molar-refractivity contribution in [3.05, 3.63) is 47.5 Å². The number of hydrogen-bond acceptors (Lipinski definition) is 5. The Kier molecular flexibility index (Phi) is 6.04. The van der Waals surface area contributed by atoms with Crippen molar-refractivity contribution in [2.45, 2.75) is 25.4 Å². The summed E-state index contributed by atoms with van der Waals surface area (Å²) >= 11 is 0. The Morgan fingerprint density at radius 1 is 1.07 bits per heavy atom. The Morgan fingerprint density at radius 2 is 1.75 bits per heavy atom. The van der Waals surface area contributed by atoms with Crippen LogP contribution in [0.3, 0.4) is 0 Å². The van der Waals surface area contributed by atoms with Crippen LogP contribution < -0.4 is 19.7 Å². The fraction of sp³-hybridized carbons (Fsp3) is 0.368. The van der Waals surface area contributed by atoms with Gasteiger partial charge in [-0.1, -0.05) is 12.1 Å². The van der Waals surface area contributed by atoms with E-state index in [1.807, 2.05) is 6.92 Å². The average Bonchev–Trinajstić information content (AvgIpc) is 2.65. The van der Waals surface area contributed by atoms with E-state index in [0.29, 0.717) is 5.56 Å². The maximum atomic E-state index is 12.9. The van der Waals surface area contributed by atoms with Gasteiger partial charge in [0.1, 0.15) is 5.75 Å². The molecule has 28 heavy (non-hydrogen) atoms. The third-order valence-electron chi connectivity index (χ3n) is 4.63. The largest absolute Gasteiger partial charge is 0.435 e. The molecule has 0 bridgehead atoms. The second kappa shape index (κ2) is 8.32. The lowest BCUT2D eigenvalue weighted by Gasteiger charge is -2.31. The van der Waals surface area contributed by atoms with E-state index < -0.39 is 16.6 Å². The third-order valence-corrected chi connectivity index (χ3v) is 5.99. The van der Waals surface area contributed by atoms with Gasteiger partial charge in [-0.25, -0.2) is 8.42 Å². The SMILES string of the molecule is Cc1ccc(OC(F)F)cc1NS(=O)(=O)c1ccc(C)c(N2CCNCC2)c1. The molecule has 2 aromatic rings. The van der Waals surface area contributed by atoms with Crippen LogP contribution in [0.2, 0.25) is 0 Å². The number of ether oxygens (including phenoxy) is 1. The maximum absolute atomic E-state index is 12.9. The summed E-state index contributed by atoms with van der Waals surface area (Å²) in [5, 5.41) is 3.27. The number of aryl methyl sites for hydroxylation is 2. The Labute approximate surface area is 163 Å². The highest BCUT2D eigenvalue weighted by Crippen LogP contribution is 2.28. The maximum Gasteiger partial charge on any atom is 0.387 e. The van der Waals surface area contributed by atoms with Gasteiger partial charge in [0.15, 0.2) is 0 Å². The monoisotopic (exact) mass is 411 g/mol. The average molecular weight is 411 g/mol. The van der Waals surface area contributed by atoms with Crippen LogP contribution >= 0.6 is 0 Å². The van der Waals surface area contributed by atoms with Gasteiger partial charge in [0, 0.05) is 37.9 Å². The van der Waals surface area contributed by atoms with Crippen molar-refractivity contribution in [2.75, 3.05) is 35.8 Å². The molecule has 0 atom stereocenters. The topological polar surface area (TPSA) is 70.7 Å². The second-order valence-electron chi connectivity index (χ2n) is 6.65. The molecule has 0 unspecified atom stereocenters. The van der Waals surface area contributed by atoms with Crippen molar-refractivity contribution in [1.29, 1.82) is 0 Å². The van der Waals surface area contributed by atoms with Crippen molar-refractivity contribution in [1.82, 2.24) is 5.32 Å². The van der Waals surface area contributed by atoms with Crippen LogP contribution in [0.15, 0.2) is 41.3 Å². The molecular formula is C19H23F2N3O3S. The predicted molar refractivity (Wildman–Crippen MR) is 105 cm³/mol. The first-order valence-corrected chi connectivity index (χ1v) is 10.4. The molecule has 0 amide bonds. The van der Waals surface area contributed by atoms with Gasteiger partial charge in [-0.2, -0.15) is 8.78 Å². The number of nitrogens with zero attached hydrogens (tertiary/aromatic N) is 1. The predicted octanol–water partition coefficient (Wildman–Crippen LogP) is 3.12. The molecule has 152 valence electrons. The third kappa shape index (κ3) is 4.71. The minimum Gasteiger partial charge on any atom is -0.435 e. The summed E-state index contributed by atoms with van der Waals surface area (Å²) in [5.74, 6) is -0.108. The molecule has 0 spiro atoms. The number of piperazine rings is 1. The highest BCUT2D eigenvalue weighted by molar-refractivity contribution is 7.92. The lowest BCUT2D eigenvalue weighted by atomic mass is 10.1. The summed E-state index contributed by atoms with van der Waals surface area (Å²) in [6, 6.07) is 9.11. The van der Waals surface area contributed by atoms with Crippen LogP contribution in [0.1, 0.15) is 11.1 Å². The van der Waals surface area contributed by atoms with E-state index in [4.69, 9.17) is 0 Å². The minimum absolute atomic E-state index is 0.108. The molecule has 2 N–H and O–H groups in total. The van der Waals surface area contributed by atoms with Crippen molar-refractivity contribution < 1.29 is 21.9 Å². The molecule has 0 saturated carbocycles. The first kappa shape index (κ1) is 20.3. The minimum atomic E-state index is -3.89. The van der Waals surface area contributed by atoms with Crippen LogP contribution in [-0.4, -0.2) is 41.2 Å². The first-order chi connectivity index (χ1) is 13.3. The van der Waals surface area contributed by atoms with Crippen LogP contribution in [0, 0.1) is 13.8 Å². The zero-order chi connectivity index (χ0) is 20.3. The zero-order valence-electron chi connectivity index (χ0n) is 15.7. The molecule has 1 saturated heterocycles. The molecule has 2 aromatic carbocycles. The summed E-state index contributed by atoms with van der Waals surface area (Å²) < 4.78 is 57.5. The summed E-state index contributed by atoms with van der Waals surface area (Å²) in [4.78, 5) is 2.26. The van der Waals surface area contributed by atoms with E-state index in [2.05, 4.69) is 19.7 Å². The Hall–Kier alpha value is -2.39. The van der Waals surface area contributed by atoms with E-state index in [-0.39, 0.29) is 16.3 Å². The van der Waals surface area contributed by atoms with Gasteiger partial charge in [0.25, 0.3) is 10.0 Å². The highest BCUT2D eigenvalue weighted by Gasteiger charge is 2.20. The van der Waals surface area contributed by atoms with E-state index in [1.54, 1.807) is 19.1 Å². The van der Waals surface area contributed by atoms with Crippen LogP contribution in [0.5, 0.6) is 5.75 Å². The molecule has 0 aromatic heterocycles. The summed E-state index contributed by atoms with van der Waals surface area (Å²) in [7, 11) is -3.89. The van der Waals surface area contributed by atoms with Gasteiger partial charge in [0.05, 0.1) is 10.6 Å². The summed E-state index contributed by atoms with van der Waals surface area (Å²) in [5.41, 5.74) is 2.65. The fourth-order valence-corrected chi connectivity index (χ4v) is 4.23. The Morgan fingerprint density at radius 3 is 2.43 bits per heavy atom. The summed E-state index contributed by atoms with van der Waals surface area (Å²) in [6.45, 7) is 3.91. The first-order valence-electron chi connectivity index (χ1n) is 8.91. The summed E-state index contributed by atoms with van der Waals surface area (Å²) in [6.07, 6.45) is 0. The number of hydrogen-bond donors (Lipinski definition) is 2. The molecule has 0 radical (unpaired) electrons. The van der Waals surface area contributed by atoms with E-state index in [0.717, 1.165) is 37.4 Å². The molecule has 9 heteroatoms. The van der Waals surface area contributed by atoms with E-state index in [9.17, 15) is 17.2 Å². The van der Waals surface area contributed by atoms with Gasteiger partial charge in [-0.15, -0.1) is 0 Å².